The zero-order valence-electron chi connectivity index (χ0n) is 16.4. The molecule has 6 heteroatoms. The van der Waals surface area contributed by atoms with Crippen molar-refractivity contribution in [3.8, 4) is 11.5 Å². The number of anilines is 1. The Balaban J connectivity index is 1.91. The van der Waals surface area contributed by atoms with Crippen molar-refractivity contribution in [2.24, 2.45) is 0 Å². The van der Waals surface area contributed by atoms with Gasteiger partial charge in [0.05, 0.1) is 19.9 Å². The molecule has 2 aliphatic rings. The van der Waals surface area contributed by atoms with Crippen LogP contribution in [0.5, 0.6) is 11.5 Å². The van der Waals surface area contributed by atoms with Crippen LogP contribution in [0.4, 0.5) is 5.69 Å². The van der Waals surface area contributed by atoms with E-state index in [9.17, 15) is 9.59 Å². The summed E-state index contributed by atoms with van der Waals surface area (Å²) in [6.07, 6.45) is 2.14. The van der Waals surface area contributed by atoms with Crippen LogP contribution in [0.3, 0.4) is 0 Å². The fraction of sp³-hybridized carbons (Fsp3) is 0.304. The number of carbonyl (C=O) groups is 2. The van der Waals surface area contributed by atoms with Gasteiger partial charge in [-0.25, -0.2) is 0 Å². The maximum absolute atomic E-state index is 13.3. The molecule has 0 bridgehead atoms. The number of ketones is 1. The number of hydrogen-bond donors (Lipinski definition) is 0. The van der Waals surface area contributed by atoms with Gasteiger partial charge in [0.2, 0.25) is 5.91 Å². The van der Waals surface area contributed by atoms with E-state index < -0.39 is 0 Å². The first-order valence-electron chi connectivity index (χ1n) is 9.61. The van der Waals surface area contributed by atoms with Gasteiger partial charge in [-0.05, 0) is 47.0 Å². The van der Waals surface area contributed by atoms with E-state index in [2.05, 4.69) is 15.9 Å². The molecule has 1 aliphatic heterocycles. The largest absolute Gasteiger partial charge is 0.493 e. The summed E-state index contributed by atoms with van der Waals surface area (Å²) >= 11 is 3.55. The van der Waals surface area contributed by atoms with Crippen LogP contribution >= 0.6 is 15.9 Å². The van der Waals surface area contributed by atoms with Gasteiger partial charge in [-0.3, -0.25) is 14.5 Å². The van der Waals surface area contributed by atoms with Gasteiger partial charge in [-0.15, -0.1) is 0 Å². The van der Waals surface area contributed by atoms with Crippen molar-refractivity contribution < 1.29 is 19.1 Å². The first-order chi connectivity index (χ1) is 14.1. The molecular weight excluding hydrogens is 434 g/mol. The van der Waals surface area contributed by atoms with E-state index >= 15 is 0 Å². The van der Waals surface area contributed by atoms with Crippen molar-refractivity contribution >= 4 is 33.3 Å². The van der Waals surface area contributed by atoms with E-state index in [-0.39, 0.29) is 24.0 Å². The van der Waals surface area contributed by atoms with E-state index in [1.807, 2.05) is 42.5 Å². The second-order valence-electron chi connectivity index (χ2n) is 7.16. The number of halogens is 1. The van der Waals surface area contributed by atoms with Crippen molar-refractivity contribution in [2.75, 3.05) is 19.1 Å². The molecular formula is C23H22BrNO4. The van der Waals surface area contributed by atoms with Crippen LogP contribution in [0.1, 0.15) is 37.2 Å². The molecule has 2 aromatic rings. The molecule has 0 fully saturated rings. The van der Waals surface area contributed by atoms with Gasteiger partial charge >= 0.3 is 0 Å². The summed E-state index contributed by atoms with van der Waals surface area (Å²) < 4.78 is 11.9. The first-order valence-corrected chi connectivity index (χ1v) is 10.4. The molecule has 1 amide bonds. The molecule has 150 valence electrons. The number of rotatable bonds is 4. The summed E-state index contributed by atoms with van der Waals surface area (Å²) in [5.41, 5.74) is 3.11. The summed E-state index contributed by atoms with van der Waals surface area (Å²) in [5, 5.41) is 0. The van der Waals surface area contributed by atoms with Gasteiger partial charge < -0.3 is 9.47 Å². The van der Waals surface area contributed by atoms with Crippen LogP contribution in [0.25, 0.3) is 0 Å². The minimum atomic E-state index is -0.339. The highest BCUT2D eigenvalue weighted by molar-refractivity contribution is 9.10. The number of nitrogens with zero attached hydrogens (tertiary/aromatic N) is 1. The molecule has 0 spiro atoms. The van der Waals surface area contributed by atoms with E-state index in [1.165, 1.54) is 0 Å². The topological polar surface area (TPSA) is 55.8 Å². The Morgan fingerprint density at radius 1 is 1.00 bits per heavy atom. The lowest BCUT2D eigenvalue weighted by Crippen LogP contribution is -2.40. The lowest BCUT2D eigenvalue weighted by Gasteiger charge is -2.39. The summed E-state index contributed by atoms with van der Waals surface area (Å²) in [7, 11) is 3.16. The van der Waals surface area contributed by atoms with E-state index in [0.29, 0.717) is 24.3 Å². The van der Waals surface area contributed by atoms with Crippen LogP contribution in [0.2, 0.25) is 0 Å². The van der Waals surface area contributed by atoms with E-state index in [0.717, 1.165) is 33.4 Å². The number of hydrogen-bond acceptors (Lipinski definition) is 4. The van der Waals surface area contributed by atoms with Crippen molar-refractivity contribution in [2.45, 2.75) is 31.6 Å². The third-order valence-corrected chi connectivity index (χ3v) is 6.25. The second kappa shape index (κ2) is 8.03. The van der Waals surface area contributed by atoms with Crippen LogP contribution in [-0.2, 0) is 9.59 Å². The normalized spacial score (nSPS) is 19.3. The van der Waals surface area contributed by atoms with Crippen LogP contribution in [-0.4, -0.2) is 25.9 Å². The Kier molecular flexibility index (Phi) is 5.46. The van der Waals surface area contributed by atoms with Gasteiger partial charge in [0.25, 0.3) is 0 Å². The minimum absolute atomic E-state index is 0.0276. The Labute approximate surface area is 178 Å². The molecule has 2 aromatic carbocycles. The Morgan fingerprint density at radius 3 is 2.52 bits per heavy atom. The fourth-order valence-corrected chi connectivity index (χ4v) is 4.82. The molecule has 29 heavy (non-hydrogen) atoms. The number of para-hydroxylation sites is 2. The van der Waals surface area contributed by atoms with Gasteiger partial charge in [-0.2, -0.15) is 0 Å². The molecule has 5 nitrogen and oxygen atoms in total. The summed E-state index contributed by atoms with van der Waals surface area (Å²) in [5.74, 6) is 0.906. The monoisotopic (exact) mass is 455 g/mol. The Hall–Kier alpha value is -2.60. The molecule has 0 N–H and O–H groups in total. The van der Waals surface area contributed by atoms with Crippen LogP contribution in [0.15, 0.2) is 58.2 Å². The zero-order chi connectivity index (χ0) is 20.5. The average molecular weight is 456 g/mol. The smallest absolute Gasteiger partial charge is 0.232 e. The molecule has 0 aromatic heterocycles. The third-order valence-electron chi connectivity index (χ3n) is 5.58. The van der Waals surface area contributed by atoms with E-state index in [4.69, 9.17) is 9.47 Å². The number of benzene rings is 2. The highest BCUT2D eigenvalue weighted by atomic mass is 79.9. The Bertz CT molecular complexity index is 1010. The highest BCUT2D eigenvalue weighted by Crippen LogP contribution is 2.48. The lowest BCUT2D eigenvalue weighted by molar-refractivity contribution is -0.119. The van der Waals surface area contributed by atoms with Crippen molar-refractivity contribution in [3.05, 3.63) is 63.8 Å². The number of amides is 1. The molecule has 1 aliphatic carbocycles. The lowest BCUT2D eigenvalue weighted by atomic mass is 9.76. The van der Waals surface area contributed by atoms with Gasteiger partial charge in [0, 0.05) is 40.1 Å². The third kappa shape index (κ3) is 3.35. The second-order valence-corrected chi connectivity index (χ2v) is 8.01. The zero-order valence-corrected chi connectivity index (χ0v) is 18.0. The predicted octanol–water partition coefficient (Wildman–Crippen LogP) is 4.99. The summed E-state index contributed by atoms with van der Waals surface area (Å²) in [4.78, 5) is 28.1. The van der Waals surface area contributed by atoms with Crippen molar-refractivity contribution in [3.63, 3.8) is 0 Å². The van der Waals surface area contributed by atoms with Crippen LogP contribution < -0.4 is 14.4 Å². The van der Waals surface area contributed by atoms with E-state index in [1.54, 1.807) is 19.1 Å². The quantitative estimate of drug-likeness (QED) is 0.651. The Morgan fingerprint density at radius 2 is 1.79 bits per heavy atom. The molecule has 0 saturated carbocycles. The standard InChI is InChI=1S/C23H22BrNO4/c1-28-20-12-5-7-14(23(20)29-2)15-13-21(27)25(17-9-4-3-8-16(17)24)18-10-6-11-19(26)22(15)18/h3-5,7-9,12,15H,6,10-11,13H2,1-2H3. The van der Waals surface area contributed by atoms with Crippen molar-refractivity contribution in [1.82, 2.24) is 0 Å². The van der Waals surface area contributed by atoms with Gasteiger partial charge in [0.15, 0.2) is 17.3 Å². The molecule has 0 radical (unpaired) electrons. The molecule has 0 saturated heterocycles. The number of allylic oxidation sites excluding steroid dienone is 2. The van der Waals surface area contributed by atoms with Gasteiger partial charge in [-0.1, -0.05) is 24.3 Å². The summed E-state index contributed by atoms with van der Waals surface area (Å²) in [6, 6.07) is 13.2. The number of Topliss-reactive ketones (excluding diaryl/α,β-unsaturated/α-hetero) is 1. The predicted molar refractivity (Wildman–Crippen MR) is 114 cm³/mol. The number of methoxy groups -OCH3 is 2. The molecule has 1 heterocycles. The molecule has 4 rings (SSSR count). The highest BCUT2D eigenvalue weighted by Gasteiger charge is 2.41. The van der Waals surface area contributed by atoms with Crippen LogP contribution in [0, 0.1) is 0 Å². The number of carbonyl (C=O) groups excluding carboxylic acids is 2. The fourth-order valence-electron chi connectivity index (χ4n) is 4.36. The maximum atomic E-state index is 13.3. The maximum Gasteiger partial charge on any atom is 0.232 e. The first kappa shape index (κ1) is 19.7. The number of ether oxygens (including phenoxy) is 2. The molecule has 1 atom stereocenters. The minimum Gasteiger partial charge on any atom is -0.493 e. The average Bonchev–Trinajstić information content (AvgIpc) is 2.73. The molecule has 1 unspecified atom stereocenters. The van der Waals surface area contributed by atoms with Gasteiger partial charge in [0.1, 0.15) is 0 Å². The van der Waals surface area contributed by atoms with Crippen molar-refractivity contribution in [1.29, 1.82) is 0 Å². The summed E-state index contributed by atoms with van der Waals surface area (Å²) in [6.45, 7) is 0. The SMILES string of the molecule is COc1cccc(C2CC(=O)N(c3ccccc3Br)C3=C2C(=O)CCC3)c1OC.